The smallest absolute Gasteiger partial charge is 0.243 e. The topological polar surface area (TPSA) is 62.3 Å². The van der Waals surface area contributed by atoms with Crippen molar-refractivity contribution in [2.75, 3.05) is 13.1 Å². The zero-order valence-electron chi connectivity index (χ0n) is 12.4. The van der Waals surface area contributed by atoms with Crippen LogP contribution in [0.15, 0.2) is 41.6 Å². The number of nitrogens with one attached hydrogen (secondary N) is 1. The number of nitrogens with zero attached hydrogens (tertiary/aromatic N) is 2. The molecular formula is C16H19N3O2S. The van der Waals surface area contributed by atoms with E-state index < -0.39 is 10.0 Å². The molecule has 0 unspecified atom stereocenters. The molecule has 1 N–H and O–H groups in total. The van der Waals surface area contributed by atoms with E-state index in [1.165, 1.54) is 0 Å². The number of pyridine rings is 1. The highest BCUT2D eigenvalue weighted by atomic mass is 32.2. The van der Waals surface area contributed by atoms with E-state index in [0.29, 0.717) is 17.4 Å². The third kappa shape index (κ3) is 1.98. The lowest BCUT2D eigenvalue weighted by Gasteiger charge is -2.24. The molecule has 2 aliphatic rings. The second-order valence-corrected chi connectivity index (χ2v) is 8.06. The largest absolute Gasteiger partial charge is 0.312 e. The van der Waals surface area contributed by atoms with E-state index in [1.54, 1.807) is 34.9 Å². The van der Waals surface area contributed by atoms with Crippen molar-refractivity contribution >= 4 is 20.8 Å². The minimum Gasteiger partial charge on any atom is -0.312 e. The Morgan fingerprint density at radius 1 is 1.32 bits per heavy atom. The van der Waals surface area contributed by atoms with E-state index in [9.17, 15) is 8.42 Å². The van der Waals surface area contributed by atoms with Gasteiger partial charge in [0.25, 0.3) is 0 Å². The van der Waals surface area contributed by atoms with Crippen molar-refractivity contribution < 1.29 is 8.42 Å². The highest BCUT2D eigenvalue weighted by Crippen LogP contribution is 2.35. The van der Waals surface area contributed by atoms with Crippen LogP contribution in [0.5, 0.6) is 0 Å². The van der Waals surface area contributed by atoms with Crippen LogP contribution in [-0.2, 0) is 10.0 Å². The SMILES string of the molecule is C[C@H]1[C@@H]2NCC[C@@H]2CN1S(=O)(=O)c1cccc2cnccc12. The first-order chi connectivity index (χ1) is 10.6. The highest BCUT2D eigenvalue weighted by molar-refractivity contribution is 7.89. The maximum absolute atomic E-state index is 13.2. The van der Waals surface area contributed by atoms with Gasteiger partial charge in [-0.15, -0.1) is 0 Å². The Kier molecular flexibility index (Phi) is 3.21. The number of aromatic nitrogens is 1. The van der Waals surface area contributed by atoms with E-state index in [1.807, 2.05) is 13.0 Å². The van der Waals surface area contributed by atoms with E-state index >= 15 is 0 Å². The number of hydrogen-bond acceptors (Lipinski definition) is 4. The van der Waals surface area contributed by atoms with Gasteiger partial charge in [-0.1, -0.05) is 12.1 Å². The van der Waals surface area contributed by atoms with Crippen LogP contribution in [0.4, 0.5) is 0 Å². The predicted molar refractivity (Wildman–Crippen MR) is 85.0 cm³/mol. The summed E-state index contributed by atoms with van der Waals surface area (Å²) in [6.07, 6.45) is 4.41. The summed E-state index contributed by atoms with van der Waals surface area (Å²) in [6.45, 7) is 3.61. The Balaban J connectivity index is 1.80. The number of hydrogen-bond donors (Lipinski definition) is 1. The standard InChI is InChI=1S/C16H19N3O2S/c1-11-16-13(5-8-18-16)10-19(11)22(20,21)15-4-2-3-12-9-17-7-6-14(12)15/h2-4,6-7,9,11,13,16,18H,5,8,10H2,1H3/t11-,13+,16-/m0/s1. The minimum absolute atomic E-state index is 0.00501. The first-order valence-corrected chi connectivity index (χ1v) is 9.11. The molecule has 0 spiro atoms. The molecule has 3 atom stereocenters. The first-order valence-electron chi connectivity index (χ1n) is 7.67. The Morgan fingerprint density at radius 3 is 3.00 bits per heavy atom. The average molecular weight is 317 g/mol. The van der Waals surface area contributed by atoms with Crippen LogP contribution >= 0.6 is 0 Å². The fourth-order valence-electron chi connectivity index (χ4n) is 3.89. The summed E-state index contributed by atoms with van der Waals surface area (Å²) in [5.74, 6) is 0.432. The van der Waals surface area contributed by atoms with Crippen molar-refractivity contribution in [3.63, 3.8) is 0 Å². The number of rotatable bonds is 2. The summed E-state index contributed by atoms with van der Waals surface area (Å²) in [5, 5.41) is 5.04. The zero-order valence-corrected chi connectivity index (χ0v) is 13.3. The van der Waals surface area contributed by atoms with Gasteiger partial charge in [-0.2, -0.15) is 4.31 Å². The quantitative estimate of drug-likeness (QED) is 0.914. The third-order valence-corrected chi connectivity index (χ3v) is 7.03. The van der Waals surface area contributed by atoms with Gasteiger partial charge >= 0.3 is 0 Å². The number of fused-ring (bicyclic) bond motifs is 2. The molecule has 0 amide bonds. The third-order valence-electron chi connectivity index (χ3n) is 5.02. The van der Waals surface area contributed by atoms with Crippen molar-refractivity contribution in [2.24, 2.45) is 5.92 Å². The number of sulfonamides is 1. The van der Waals surface area contributed by atoms with Crippen molar-refractivity contribution in [3.05, 3.63) is 36.7 Å². The molecule has 3 heterocycles. The van der Waals surface area contributed by atoms with Gasteiger partial charge in [-0.3, -0.25) is 4.98 Å². The highest BCUT2D eigenvalue weighted by Gasteiger charge is 2.47. The lowest BCUT2D eigenvalue weighted by molar-refractivity contribution is 0.373. The zero-order chi connectivity index (χ0) is 15.3. The maximum Gasteiger partial charge on any atom is 0.243 e. The van der Waals surface area contributed by atoms with Crippen molar-refractivity contribution in [3.8, 4) is 0 Å². The van der Waals surface area contributed by atoms with E-state index in [2.05, 4.69) is 10.3 Å². The molecule has 22 heavy (non-hydrogen) atoms. The van der Waals surface area contributed by atoms with Gasteiger partial charge in [0.15, 0.2) is 0 Å². The maximum atomic E-state index is 13.2. The second kappa shape index (κ2) is 5.01. The summed E-state index contributed by atoms with van der Waals surface area (Å²) < 4.78 is 28.0. The van der Waals surface area contributed by atoms with Gasteiger partial charge in [-0.05, 0) is 37.9 Å². The molecule has 1 aromatic carbocycles. The summed E-state index contributed by atoms with van der Waals surface area (Å²) >= 11 is 0. The summed E-state index contributed by atoms with van der Waals surface area (Å²) in [5.41, 5.74) is 0. The Bertz CT molecular complexity index is 816. The molecule has 2 saturated heterocycles. The van der Waals surface area contributed by atoms with Crippen molar-refractivity contribution in [2.45, 2.75) is 30.3 Å². The monoisotopic (exact) mass is 317 g/mol. The van der Waals surface area contributed by atoms with Crippen LogP contribution in [-0.4, -0.2) is 42.9 Å². The minimum atomic E-state index is -3.49. The lowest BCUT2D eigenvalue weighted by atomic mass is 10.0. The molecule has 116 valence electrons. The van der Waals surface area contributed by atoms with E-state index in [4.69, 9.17) is 0 Å². The molecule has 5 nitrogen and oxygen atoms in total. The molecule has 2 fully saturated rings. The first kappa shape index (κ1) is 14.1. The number of benzene rings is 1. The van der Waals surface area contributed by atoms with Crippen molar-refractivity contribution in [1.82, 2.24) is 14.6 Å². The molecule has 1 aromatic heterocycles. The summed E-state index contributed by atoms with van der Waals surface area (Å²) in [6, 6.07) is 7.44. The van der Waals surface area contributed by atoms with Crippen LogP contribution in [0.3, 0.4) is 0 Å². The predicted octanol–water partition coefficient (Wildman–Crippen LogP) is 1.61. The molecule has 2 aromatic rings. The Labute approximate surface area is 130 Å². The van der Waals surface area contributed by atoms with Crippen LogP contribution in [0.1, 0.15) is 13.3 Å². The Morgan fingerprint density at radius 2 is 2.18 bits per heavy atom. The average Bonchev–Trinajstić information content (AvgIpc) is 3.10. The van der Waals surface area contributed by atoms with Crippen LogP contribution in [0, 0.1) is 5.92 Å². The molecule has 0 saturated carbocycles. The van der Waals surface area contributed by atoms with Gasteiger partial charge in [0.2, 0.25) is 10.0 Å². The molecule has 4 rings (SSSR count). The fourth-order valence-corrected chi connectivity index (χ4v) is 5.81. The van der Waals surface area contributed by atoms with E-state index in [-0.39, 0.29) is 12.1 Å². The van der Waals surface area contributed by atoms with Gasteiger partial charge in [0.05, 0.1) is 4.90 Å². The second-order valence-electron chi connectivity index (χ2n) is 6.20. The molecule has 0 bridgehead atoms. The van der Waals surface area contributed by atoms with Gasteiger partial charge in [-0.25, -0.2) is 8.42 Å². The molecular weight excluding hydrogens is 298 g/mol. The molecule has 0 radical (unpaired) electrons. The van der Waals surface area contributed by atoms with Gasteiger partial charge in [0, 0.05) is 41.8 Å². The van der Waals surface area contributed by atoms with Gasteiger partial charge in [0.1, 0.15) is 0 Å². The summed E-state index contributed by atoms with van der Waals surface area (Å²) in [4.78, 5) is 4.46. The Hall–Kier alpha value is -1.50. The van der Waals surface area contributed by atoms with Crippen LogP contribution < -0.4 is 5.32 Å². The normalized spacial score (nSPS) is 29.0. The molecule has 6 heteroatoms. The van der Waals surface area contributed by atoms with E-state index in [0.717, 1.165) is 23.7 Å². The van der Waals surface area contributed by atoms with Crippen LogP contribution in [0.25, 0.3) is 10.8 Å². The molecule has 2 aliphatic heterocycles. The fraction of sp³-hybridized carbons (Fsp3) is 0.438. The lowest BCUT2D eigenvalue weighted by Crippen LogP contribution is -2.42. The van der Waals surface area contributed by atoms with Gasteiger partial charge < -0.3 is 5.32 Å². The van der Waals surface area contributed by atoms with Crippen LogP contribution in [0.2, 0.25) is 0 Å². The molecule has 0 aliphatic carbocycles. The summed E-state index contributed by atoms with van der Waals surface area (Å²) in [7, 11) is -3.49. The van der Waals surface area contributed by atoms with Crippen molar-refractivity contribution in [1.29, 1.82) is 0 Å².